The summed E-state index contributed by atoms with van der Waals surface area (Å²) in [5, 5.41) is 0. The topological polar surface area (TPSA) is 63.4 Å². The Balaban J connectivity index is 2.36. The van der Waals surface area contributed by atoms with Crippen molar-refractivity contribution in [3.05, 3.63) is 0 Å². The molecule has 5 heteroatoms. The molecule has 0 aliphatic carbocycles. The van der Waals surface area contributed by atoms with Gasteiger partial charge >= 0.3 is 0 Å². The van der Waals surface area contributed by atoms with Gasteiger partial charge in [0.05, 0.1) is 5.75 Å². The van der Waals surface area contributed by atoms with Crippen molar-refractivity contribution in [3.63, 3.8) is 0 Å². The number of hydrogen-bond donors (Lipinski definition) is 1. The second kappa shape index (κ2) is 5.82. The largest absolute Gasteiger partial charge is 0.329 e. The number of nitrogens with two attached hydrogens (primary N) is 1. The maximum atomic E-state index is 11.5. The van der Waals surface area contributed by atoms with E-state index in [0.717, 1.165) is 19.4 Å². The molecule has 1 rings (SSSR count). The van der Waals surface area contributed by atoms with E-state index in [2.05, 4.69) is 4.90 Å². The van der Waals surface area contributed by atoms with Crippen molar-refractivity contribution in [1.82, 2.24) is 4.90 Å². The third-order valence-corrected chi connectivity index (χ3v) is 4.81. The van der Waals surface area contributed by atoms with E-state index in [-0.39, 0.29) is 5.75 Å². The summed E-state index contributed by atoms with van der Waals surface area (Å²) in [4.78, 5) is 2.22. The van der Waals surface area contributed by atoms with Crippen molar-refractivity contribution in [2.24, 2.45) is 5.73 Å². The zero-order valence-corrected chi connectivity index (χ0v) is 10.3. The van der Waals surface area contributed by atoms with Gasteiger partial charge in [0.1, 0.15) is 0 Å². The highest BCUT2D eigenvalue weighted by atomic mass is 32.2. The van der Waals surface area contributed by atoms with E-state index in [9.17, 15) is 8.42 Å². The minimum absolute atomic E-state index is 0.289. The molecule has 1 heterocycles. The molecule has 1 unspecified atom stereocenters. The molecule has 15 heavy (non-hydrogen) atoms. The first-order valence-electron chi connectivity index (χ1n) is 5.73. The quantitative estimate of drug-likeness (QED) is 0.715. The van der Waals surface area contributed by atoms with Gasteiger partial charge in [0.15, 0.2) is 9.84 Å². The van der Waals surface area contributed by atoms with Gasteiger partial charge in [-0.2, -0.15) is 0 Å². The van der Waals surface area contributed by atoms with Gasteiger partial charge in [-0.25, -0.2) is 8.42 Å². The highest BCUT2D eigenvalue weighted by molar-refractivity contribution is 7.91. The van der Waals surface area contributed by atoms with Crippen molar-refractivity contribution in [2.75, 3.05) is 31.1 Å². The number of hydrogen-bond acceptors (Lipinski definition) is 4. The van der Waals surface area contributed by atoms with Crippen LogP contribution in [0.25, 0.3) is 0 Å². The lowest BCUT2D eigenvalue weighted by Crippen LogP contribution is -2.38. The number of likely N-dealkylation sites (tertiary alicyclic amines) is 1. The average Bonchev–Trinajstić information content (AvgIpc) is 2.62. The van der Waals surface area contributed by atoms with Crippen LogP contribution in [0.3, 0.4) is 0 Å². The smallest absolute Gasteiger partial charge is 0.151 e. The van der Waals surface area contributed by atoms with Crippen LogP contribution in [0, 0.1) is 0 Å². The first kappa shape index (κ1) is 12.9. The molecule has 0 saturated carbocycles. The molecule has 1 aliphatic heterocycles. The molecular weight excluding hydrogens is 212 g/mol. The number of sulfone groups is 1. The van der Waals surface area contributed by atoms with Crippen LogP contribution in [0.4, 0.5) is 0 Å². The number of rotatable bonds is 6. The standard InChI is InChI=1S/C10H22N2O2S/c1-2-7-15(13,14)8-6-12-5-3-4-10(12)9-11/h10H,2-9,11H2,1H3. The van der Waals surface area contributed by atoms with E-state index < -0.39 is 9.84 Å². The molecule has 0 aromatic heterocycles. The van der Waals surface area contributed by atoms with Gasteiger partial charge in [-0.15, -0.1) is 0 Å². The zero-order chi connectivity index (χ0) is 11.3. The fourth-order valence-electron chi connectivity index (χ4n) is 2.13. The van der Waals surface area contributed by atoms with Crippen LogP contribution in [0.15, 0.2) is 0 Å². The minimum atomic E-state index is -2.83. The lowest BCUT2D eigenvalue weighted by atomic mass is 10.2. The molecule has 0 aromatic carbocycles. The van der Waals surface area contributed by atoms with Crippen molar-refractivity contribution >= 4 is 9.84 Å². The fourth-order valence-corrected chi connectivity index (χ4v) is 3.46. The van der Waals surface area contributed by atoms with Gasteiger partial charge in [-0.05, 0) is 25.8 Å². The number of nitrogens with zero attached hydrogens (tertiary/aromatic N) is 1. The third-order valence-electron chi connectivity index (χ3n) is 2.98. The maximum Gasteiger partial charge on any atom is 0.151 e. The van der Waals surface area contributed by atoms with Gasteiger partial charge in [0.25, 0.3) is 0 Å². The normalized spacial score (nSPS) is 23.5. The summed E-state index contributed by atoms with van der Waals surface area (Å²) in [5.41, 5.74) is 5.63. The molecule has 0 aromatic rings. The van der Waals surface area contributed by atoms with Crippen LogP contribution >= 0.6 is 0 Å². The summed E-state index contributed by atoms with van der Waals surface area (Å²) in [7, 11) is -2.83. The van der Waals surface area contributed by atoms with Crippen LogP contribution in [-0.2, 0) is 9.84 Å². The molecule has 1 fully saturated rings. The molecule has 1 aliphatic rings. The van der Waals surface area contributed by atoms with Gasteiger partial charge in [0, 0.05) is 24.9 Å². The van der Waals surface area contributed by atoms with Crippen LogP contribution in [0.1, 0.15) is 26.2 Å². The minimum Gasteiger partial charge on any atom is -0.329 e. The van der Waals surface area contributed by atoms with Crippen molar-refractivity contribution < 1.29 is 8.42 Å². The lowest BCUT2D eigenvalue weighted by Gasteiger charge is -2.22. The van der Waals surface area contributed by atoms with E-state index in [1.54, 1.807) is 0 Å². The molecule has 1 saturated heterocycles. The Morgan fingerprint density at radius 2 is 2.13 bits per heavy atom. The van der Waals surface area contributed by atoms with E-state index >= 15 is 0 Å². The van der Waals surface area contributed by atoms with Gasteiger partial charge in [-0.1, -0.05) is 6.92 Å². The Bertz CT molecular complexity index is 277. The van der Waals surface area contributed by atoms with Crippen LogP contribution in [0.5, 0.6) is 0 Å². The first-order valence-corrected chi connectivity index (χ1v) is 7.55. The van der Waals surface area contributed by atoms with Crippen molar-refractivity contribution in [3.8, 4) is 0 Å². The van der Waals surface area contributed by atoms with E-state index in [1.807, 2.05) is 6.92 Å². The Labute approximate surface area is 92.7 Å². The van der Waals surface area contributed by atoms with Crippen LogP contribution in [-0.4, -0.2) is 50.5 Å². The Morgan fingerprint density at radius 3 is 2.73 bits per heavy atom. The SMILES string of the molecule is CCCS(=O)(=O)CCN1CCCC1CN. The Morgan fingerprint density at radius 1 is 1.40 bits per heavy atom. The second-order valence-corrected chi connectivity index (χ2v) is 6.52. The Hall–Kier alpha value is -0.130. The predicted octanol–water partition coefficient (Wildman–Crippen LogP) is 0.234. The highest BCUT2D eigenvalue weighted by Crippen LogP contribution is 2.15. The molecule has 2 N–H and O–H groups in total. The first-order chi connectivity index (χ1) is 7.09. The monoisotopic (exact) mass is 234 g/mol. The zero-order valence-electron chi connectivity index (χ0n) is 9.48. The van der Waals surface area contributed by atoms with Crippen LogP contribution in [0.2, 0.25) is 0 Å². The van der Waals surface area contributed by atoms with Crippen molar-refractivity contribution in [1.29, 1.82) is 0 Å². The molecule has 90 valence electrons. The van der Waals surface area contributed by atoms with E-state index in [0.29, 0.717) is 31.3 Å². The summed E-state index contributed by atoms with van der Waals surface area (Å²) in [5.74, 6) is 0.603. The van der Waals surface area contributed by atoms with Crippen LogP contribution < -0.4 is 5.73 Å². The average molecular weight is 234 g/mol. The summed E-state index contributed by atoms with van der Waals surface area (Å²) in [6.07, 6.45) is 2.97. The fraction of sp³-hybridized carbons (Fsp3) is 1.00. The summed E-state index contributed by atoms with van der Waals surface area (Å²) in [6, 6.07) is 0.404. The summed E-state index contributed by atoms with van der Waals surface area (Å²) in [6.45, 7) is 4.21. The maximum absolute atomic E-state index is 11.5. The molecule has 1 atom stereocenters. The van der Waals surface area contributed by atoms with E-state index in [4.69, 9.17) is 5.73 Å². The van der Waals surface area contributed by atoms with Gasteiger partial charge in [-0.3, -0.25) is 4.90 Å². The molecule has 0 bridgehead atoms. The van der Waals surface area contributed by atoms with Crippen molar-refractivity contribution in [2.45, 2.75) is 32.2 Å². The second-order valence-electron chi connectivity index (χ2n) is 4.22. The van der Waals surface area contributed by atoms with E-state index in [1.165, 1.54) is 0 Å². The summed E-state index contributed by atoms with van der Waals surface area (Å²) >= 11 is 0. The highest BCUT2D eigenvalue weighted by Gasteiger charge is 2.24. The Kier molecular flexibility index (Phi) is 5.02. The summed E-state index contributed by atoms with van der Waals surface area (Å²) < 4.78 is 23.0. The molecular formula is C10H22N2O2S. The molecule has 0 spiro atoms. The predicted molar refractivity (Wildman–Crippen MR) is 62.6 cm³/mol. The van der Waals surface area contributed by atoms with Gasteiger partial charge in [0.2, 0.25) is 0 Å². The third kappa shape index (κ3) is 4.09. The van der Waals surface area contributed by atoms with Gasteiger partial charge < -0.3 is 5.73 Å². The molecule has 4 nitrogen and oxygen atoms in total. The molecule has 0 radical (unpaired) electrons. The molecule has 0 amide bonds. The lowest BCUT2D eigenvalue weighted by molar-refractivity contribution is 0.273.